The molecular formula is C9H5F2NO. The zero-order valence-electron chi connectivity index (χ0n) is 6.47. The van der Waals surface area contributed by atoms with Gasteiger partial charge >= 0.3 is 0 Å². The van der Waals surface area contributed by atoms with Crippen LogP contribution in [-0.2, 0) is 0 Å². The van der Waals surface area contributed by atoms with Crippen LogP contribution in [0.4, 0.5) is 8.78 Å². The number of halogens is 2. The van der Waals surface area contributed by atoms with Crippen molar-refractivity contribution in [3.63, 3.8) is 0 Å². The second kappa shape index (κ2) is 2.65. The van der Waals surface area contributed by atoms with Crippen LogP contribution in [-0.4, -0.2) is 4.98 Å². The predicted molar refractivity (Wildman–Crippen MR) is 44.5 cm³/mol. The molecule has 0 unspecified atom stereocenters. The van der Waals surface area contributed by atoms with E-state index in [1.54, 1.807) is 0 Å². The fourth-order valence-electron chi connectivity index (χ4n) is 1.20. The van der Waals surface area contributed by atoms with Crippen LogP contribution in [0.15, 0.2) is 29.2 Å². The second-order valence-corrected chi connectivity index (χ2v) is 2.66. The minimum atomic E-state index is -0.561. The van der Waals surface area contributed by atoms with Crippen molar-refractivity contribution < 1.29 is 8.78 Å². The molecule has 1 heterocycles. The Morgan fingerprint density at radius 2 is 1.92 bits per heavy atom. The van der Waals surface area contributed by atoms with Crippen molar-refractivity contribution in [2.45, 2.75) is 0 Å². The quantitative estimate of drug-likeness (QED) is 0.660. The number of benzene rings is 1. The molecule has 1 N–H and O–H groups in total. The Balaban J connectivity index is 3.01. The molecule has 0 saturated heterocycles. The molecule has 4 heteroatoms. The number of pyridine rings is 1. The first-order valence-corrected chi connectivity index (χ1v) is 3.65. The molecule has 1 aromatic carbocycles. The Morgan fingerprint density at radius 3 is 2.69 bits per heavy atom. The first-order chi connectivity index (χ1) is 6.18. The highest BCUT2D eigenvalue weighted by Crippen LogP contribution is 2.13. The van der Waals surface area contributed by atoms with Crippen LogP contribution in [0.2, 0.25) is 0 Å². The number of nitrogens with one attached hydrogen (secondary N) is 1. The van der Waals surface area contributed by atoms with Gasteiger partial charge in [0.2, 0.25) is 0 Å². The van der Waals surface area contributed by atoms with Crippen molar-refractivity contribution in [1.29, 1.82) is 0 Å². The van der Waals surface area contributed by atoms with Crippen LogP contribution in [0.1, 0.15) is 0 Å². The van der Waals surface area contributed by atoms with Crippen LogP contribution < -0.4 is 5.56 Å². The second-order valence-electron chi connectivity index (χ2n) is 2.66. The van der Waals surface area contributed by atoms with Gasteiger partial charge in [-0.15, -0.1) is 0 Å². The van der Waals surface area contributed by atoms with Crippen LogP contribution in [0.25, 0.3) is 10.8 Å². The minimum absolute atomic E-state index is 0.0278. The monoisotopic (exact) mass is 181 g/mol. The van der Waals surface area contributed by atoms with Gasteiger partial charge in [-0.2, -0.15) is 0 Å². The number of aromatic amines is 1. The molecule has 0 atom stereocenters. The Kier molecular flexibility index (Phi) is 1.62. The molecule has 13 heavy (non-hydrogen) atoms. The number of aromatic nitrogens is 1. The van der Waals surface area contributed by atoms with Crippen molar-refractivity contribution in [2.75, 3.05) is 0 Å². The van der Waals surface area contributed by atoms with Gasteiger partial charge in [-0.05, 0) is 18.2 Å². The summed E-state index contributed by atoms with van der Waals surface area (Å²) in [5.74, 6) is -1.11. The molecule has 0 radical (unpaired) electrons. The van der Waals surface area contributed by atoms with E-state index in [2.05, 4.69) is 4.98 Å². The van der Waals surface area contributed by atoms with E-state index in [1.165, 1.54) is 6.07 Å². The molecule has 0 amide bonds. The zero-order valence-corrected chi connectivity index (χ0v) is 6.47. The third-order valence-electron chi connectivity index (χ3n) is 1.81. The summed E-state index contributed by atoms with van der Waals surface area (Å²) in [4.78, 5) is 13.3. The molecule has 0 spiro atoms. The fourth-order valence-corrected chi connectivity index (χ4v) is 1.20. The lowest BCUT2D eigenvalue weighted by Gasteiger charge is -1.97. The molecule has 2 aromatic rings. The lowest BCUT2D eigenvalue weighted by molar-refractivity contribution is 0.624. The van der Waals surface area contributed by atoms with Gasteiger partial charge in [-0.25, -0.2) is 8.78 Å². The normalized spacial score (nSPS) is 10.6. The lowest BCUT2D eigenvalue weighted by Crippen LogP contribution is -2.06. The fraction of sp³-hybridized carbons (Fsp3) is 0. The van der Waals surface area contributed by atoms with Crippen LogP contribution in [0.3, 0.4) is 0 Å². The average molecular weight is 181 g/mol. The van der Waals surface area contributed by atoms with E-state index in [0.717, 1.165) is 18.3 Å². The molecule has 0 bridgehead atoms. The average Bonchev–Trinajstić information content (AvgIpc) is 2.12. The van der Waals surface area contributed by atoms with E-state index in [9.17, 15) is 13.6 Å². The summed E-state index contributed by atoms with van der Waals surface area (Å²) in [7, 11) is 0. The van der Waals surface area contributed by atoms with Gasteiger partial charge in [0.05, 0.1) is 5.39 Å². The molecule has 0 fully saturated rings. The molecular weight excluding hydrogens is 176 g/mol. The lowest BCUT2D eigenvalue weighted by atomic mass is 10.2. The summed E-state index contributed by atoms with van der Waals surface area (Å²) in [5.41, 5.74) is -0.490. The Labute approximate surface area is 71.8 Å². The molecule has 66 valence electrons. The third kappa shape index (κ3) is 1.20. The Hall–Kier alpha value is -1.71. The van der Waals surface area contributed by atoms with Crippen molar-refractivity contribution >= 4 is 10.8 Å². The Bertz CT molecular complexity index is 518. The standard InChI is InChI=1S/C9H5F2NO/c10-5-1-2-6-7(3-5)9(13)12-4-8(6)11/h1-4H,(H,12,13). The van der Waals surface area contributed by atoms with E-state index >= 15 is 0 Å². The van der Waals surface area contributed by atoms with E-state index in [-0.39, 0.29) is 10.8 Å². The zero-order chi connectivity index (χ0) is 9.42. The van der Waals surface area contributed by atoms with Crippen molar-refractivity contribution in [3.8, 4) is 0 Å². The van der Waals surface area contributed by atoms with Crippen LogP contribution in [0.5, 0.6) is 0 Å². The van der Waals surface area contributed by atoms with Crippen molar-refractivity contribution in [1.82, 2.24) is 4.98 Å². The van der Waals surface area contributed by atoms with Crippen LogP contribution >= 0.6 is 0 Å². The number of hydrogen-bond donors (Lipinski definition) is 1. The smallest absolute Gasteiger partial charge is 0.256 e. The van der Waals surface area contributed by atoms with E-state index in [0.29, 0.717) is 0 Å². The SMILES string of the molecule is O=c1[nH]cc(F)c2ccc(F)cc12. The number of rotatable bonds is 0. The topological polar surface area (TPSA) is 32.9 Å². The first kappa shape index (κ1) is 7.91. The van der Waals surface area contributed by atoms with E-state index in [4.69, 9.17) is 0 Å². The number of hydrogen-bond acceptors (Lipinski definition) is 1. The molecule has 0 aliphatic rings. The summed E-state index contributed by atoms with van der Waals surface area (Å²) in [6.07, 6.45) is 0.961. The summed E-state index contributed by atoms with van der Waals surface area (Å²) >= 11 is 0. The highest BCUT2D eigenvalue weighted by Gasteiger charge is 2.04. The summed E-state index contributed by atoms with van der Waals surface area (Å²) < 4.78 is 25.7. The summed E-state index contributed by atoms with van der Waals surface area (Å²) in [6, 6.07) is 3.37. The van der Waals surface area contributed by atoms with Gasteiger partial charge < -0.3 is 4.98 Å². The van der Waals surface area contributed by atoms with Crippen molar-refractivity contribution in [3.05, 3.63) is 46.4 Å². The summed E-state index contributed by atoms with van der Waals surface area (Å²) in [5, 5.41) is 0.158. The molecule has 1 aromatic heterocycles. The number of fused-ring (bicyclic) bond motifs is 1. The highest BCUT2D eigenvalue weighted by molar-refractivity contribution is 5.81. The maximum Gasteiger partial charge on any atom is 0.256 e. The minimum Gasteiger partial charge on any atom is -0.326 e. The van der Waals surface area contributed by atoms with Crippen molar-refractivity contribution in [2.24, 2.45) is 0 Å². The van der Waals surface area contributed by atoms with Gasteiger partial charge in [-0.1, -0.05) is 0 Å². The van der Waals surface area contributed by atoms with Gasteiger partial charge in [0.15, 0.2) is 0 Å². The highest BCUT2D eigenvalue weighted by atomic mass is 19.1. The predicted octanol–water partition coefficient (Wildman–Crippen LogP) is 1.81. The molecule has 0 aliphatic heterocycles. The third-order valence-corrected chi connectivity index (χ3v) is 1.81. The molecule has 0 saturated carbocycles. The van der Waals surface area contributed by atoms with Crippen LogP contribution in [0, 0.1) is 11.6 Å². The largest absolute Gasteiger partial charge is 0.326 e. The molecule has 0 aliphatic carbocycles. The number of H-pyrrole nitrogens is 1. The first-order valence-electron chi connectivity index (χ1n) is 3.65. The van der Waals surface area contributed by atoms with Gasteiger partial charge in [0.1, 0.15) is 11.6 Å². The van der Waals surface area contributed by atoms with Gasteiger partial charge in [0, 0.05) is 11.6 Å². The molecule has 2 nitrogen and oxygen atoms in total. The van der Waals surface area contributed by atoms with Gasteiger partial charge in [-0.3, -0.25) is 4.79 Å². The maximum absolute atomic E-state index is 13.0. The summed E-state index contributed by atoms with van der Waals surface area (Å²) in [6.45, 7) is 0. The van der Waals surface area contributed by atoms with E-state index in [1.807, 2.05) is 0 Å². The van der Waals surface area contributed by atoms with Gasteiger partial charge in [0.25, 0.3) is 5.56 Å². The maximum atomic E-state index is 13.0. The molecule has 2 rings (SSSR count). The Morgan fingerprint density at radius 1 is 1.15 bits per heavy atom. The van der Waals surface area contributed by atoms with E-state index < -0.39 is 17.2 Å².